The molecule has 7 nitrogen and oxygen atoms in total. The number of anilines is 1. The van der Waals surface area contributed by atoms with Gasteiger partial charge in [0.15, 0.2) is 5.16 Å². The molecule has 0 saturated heterocycles. The summed E-state index contributed by atoms with van der Waals surface area (Å²) in [5, 5.41) is 11.8. The third-order valence-corrected chi connectivity index (χ3v) is 5.05. The first-order valence-electron chi connectivity index (χ1n) is 8.25. The summed E-state index contributed by atoms with van der Waals surface area (Å²) in [5.74, 6) is 1.03. The number of thioether (sulfide) groups is 2. The second-order valence-corrected chi connectivity index (χ2v) is 7.76. The summed E-state index contributed by atoms with van der Waals surface area (Å²) in [6.07, 6.45) is 0. The average Bonchev–Trinajstić information content (AvgIpc) is 3.07. The minimum absolute atomic E-state index is 0.124. The first-order chi connectivity index (χ1) is 13.0. The van der Waals surface area contributed by atoms with Crippen molar-refractivity contribution >= 4 is 35.1 Å². The number of benzene rings is 1. The van der Waals surface area contributed by atoms with Gasteiger partial charge in [0.2, 0.25) is 11.8 Å². The van der Waals surface area contributed by atoms with Crippen LogP contribution in [0, 0.1) is 20.8 Å². The van der Waals surface area contributed by atoms with E-state index in [0.29, 0.717) is 22.0 Å². The predicted octanol–water partition coefficient (Wildman–Crippen LogP) is 3.81. The molecule has 1 amide bonds. The van der Waals surface area contributed by atoms with Gasteiger partial charge in [0.25, 0.3) is 5.22 Å². The summed E-state index contributed by atoms with van der Waals surface area (Å²) in [4.78, 5) is 20.7. The van der Waals surface area contributed by atoms with Crippen LogP contribution in [0.5, 0.6) is 0 Å². The predicted molar refractivity (Wildman–Crippen MR) is 106 cm³/mol. The molecule has 0 aliphatic rings. The Morgan fingerprint density at radius 1 is 1.04 bits per heavy atom. The van der Waals surface area contributed by atoms with E-state index in [1.807, 2.05) is 51.1 Å². The Morgan fingerprint density at radius 2 is 1.74 bits per heavy atom. The maximum absolute atomic E-state index is 12.0. The molecule has 1 aromatic carbocycles. The van der Waals surface area contributed by atoms with Gasteiger partial charge in [0.05, 0.1) is 11.5 Å². The van der Waals surface area contributed by atoms with Crippen LogP contribution in [0.1, 0.15) is 22.8 Å². The molecule has 140 valence electrons. The number of hydrogen-bond donors (Lipinski definition) is 1. The van der Waals surface area contributed by atoms with Crippen LogP contribution >= 0.6 is 23.5 Å². The second kappa shape index (κ2) is 9.01. The summed E-state index contributed by atoms with van der Waals surface area (Å²) in [6.45, 7) is 5.86. The summed E-state index contributed by atoms with van der Waals surface area (Å²) in [7, 11) is 0. The molecule has 3 aromatic rings. The number of amides is 1. The van der Waals surface area contributed by atoms with Crippen molar-refractivity contribution in [2.75, 3.05) is 11.1 Å². The first kappa shape index (κ1) is 19.4. The number of aryl methyl sites for hydroxylation is 3. The second-order valence-electron chi connectivity index (χ2n) is 5.89. The lowest BCUT2D eigenvalue weighted by Gasteiger charge is -2.04. The van der Waals surface area contributed by atoms with E-state index in [2.05, 4.69) is 25.5 Å². The van der Waals surface area contributed by atoms with Gasteiger partial charge in [-0.1, -0.05) is 41.2 Å². The Morgan fingerprint density at radius 3 is 2.44 bits per heavy atom. The minimum Gasteiger partial charge on any atom is -0.415 e. The Hall–Kier alpha value is -2.39. The standard InChI is InChI=1S/C18H19N5O2S2/c1-11-4-6-14(7-5-11)21-15(24)9-27-18-23-22-16(25-18)10-26-17-19-12(2)8-13(3)20-17/h4-8H,9-10H2,1-3H3,(H,21,24). The fourth-order valence-corrected chi connectivity index (χ4v) is 3.57. The van der Waals surface area contributed by atoms with Gasteiger partial charge in [-0.05, 0) is 39.0 Å². The van der Waals surface area contributed by atoms with E-state index >= 15 is 0 Å². The molecule has 9 heteroatoms. The normalized spacial score (nSPS) is 10.8. The molecular formula is C18H19N5O2S2. The molecule has 0 atom stereocenters. The molecular weight excluding hydrogens is 382 g/mol. The molecule has 2 aromatic heterocycles. The SMILES string of the molecule is Cc1ccc(NC(=O)CSc2nnc(CSc3nc(C)cc(C)n3)o2)cc1. The highest BCUT2D eigenvalue weighted by Gasteiger charge is 2.11. The summed E-state index contributed by atoms with van der Waals surface area (Å²) in [6, 6.07) is 9.56. The third kappa shape index (κ3) is 6.07. The van der Waals surface area contributed by atoms with Crippen LogP contribution in [0.2, 0.25) is 0 Å². The summed E-state index contributed by atoms with van der Waals surface area (Å²) in [5.41, 5.74) is 3.75. The van der Waals surface area contributed by atoms with Gasteiger partial charge in [-0.3, -0.25) is 4.79 Å². The minimum atomic E-state index is -0.124. The molecule has 1 N–H and O–H groups in total. The molecule has 27 heavy (non-hydrogen) atoms. The maximum Gasteiger partial charge on any atom is 0.277 e. The molecule has 0 fully saturated rings. The first-order valence-corrected chi connectivity index (χ1v) is 10.2. The molecule has 0 bridgehead atoms. The summed E-state index contributed by atoms with van der Waals surface area (Å²) < 4.78 is 5.57. The molecule has 0 saturated carbocycles. The van der Waals surface area contributed by atoms with Gasteiger partial charge < -0.3 is 9.73 Å². The Balaban J connectivity index is 1.47. The van der Waals surface area contributed by atoms with Gasteiger partial charge in [-0.25, -0.2) is 9.97 Å². The Labute approximate surface area is 165 Å². The number of aromatic nitrogens is 4. The molecule has 0 spiro atoms. The van der Waals surface area contributed by atoms with Gasteiger partial charge in [-0.2, -0.15) is 0 Å². The topological polar surface area (TPSA) is 93.8 Å². The van der Waals surface area contributed by atoms with Crippen LogP contribution in [0.15, 0.2) is 45.1 Å². The summed E-state index contributed by atoms with van der Waals surface area (Å²) >= 11 is 2.64. The van der Waals surface area contributed by atoms with Crippen molar-refractivity contribution in [3.63, 3.8) is 0 Å². The zero-order chi connectivity index (χ0) is 19.2. The van der Waals surface area contributed by atoms with E-state index in [1.165, 1.54) is 23.5 Å². The largest absolute Gasteiger partial charge is 0.415 e. The number of carbonyl (C=O) groups excluding carboxylic acids is 1. The number of rotatable bonds is 7. The monoisotopic (exact) mass is 401 g/mol. The highest BCUT2D eigenvalue weighted by atomic mass is 32.2. The smallest absolute Gasteiger partial charge is 0.277 e. The van der Waals surface area contributed by atoms with Crippen LogP contribution in [0.4, 0.5) is 5.69 Å². The number of hydrogen-bond acceptors (Lipinski definition) is 8. The van der Waals surface area contributed by atoms with Gasteiger partial charge in [-0.15, -0.1) is 10.2 Å². The van der Waals surface area contributed by atoms with Crippen molar-refractivity contribution < 1.29 is 9.21 Å². The quantitative estimate of drug-likeness (QED) is 0.472. The molecule has 0 unspecified atom stereocenters. The van der Waals surface area contributed by atoms with Crippen LogP contribution < -0.4 is 5.32 Å². The van der Waals surface area contributed by atoms with Crippen molar-refractivity contribution in [2.45, 2.75) is 36.9 Å². The van der Waals surface area contributed by atoms with Crippen molar-refractivity contribution in [2.24, 2.45) is 0 Å². The van der Waals surface area contributed by atoms with Crippen molar-refractivity contribution in [3.8, 4) is 0 Å². The fourth-order valence-electron chi connectivity index (χ4n) is 2.20. The number of nitrogens with zero attached hydrogens (tertiary/aromatic N) is 4. The van der Waals surface area contributed by atoms with Gasteiger partial charge in [0, 0.05) is 17.1 Å². The Kier molecular flexibility index (Phi) is 6.46. The van der Waals surface area contributed by atoms with Crippen molar-refractivity contribution in [1.29, 1.82) is 0 Å². The van der Waals surface area contributed by atoms with Crippen LogP contribution in [0.25, 0.3) is 0 Å². The lowest BCUT2D eigenvalue weighted by atomic mass is 10.2. The van der Waals surface area contributed by atoms with E-state index in [9.17, 15) is 4.79 Å². The van der Waals surface area contributed by atoms with E-state index < -0.39 is 0 Å². The zero-order valence-electron chi connectivity index (χ0n) is 15.2. The fraction of sp³-hybridized carbons (Fsp3) is 0.278. The van der Waals surface area contributed by atoms with E-state index in [4.69, 9.17) is 4.42 Å². The van der Waals surface area contributed by atoms with E-state index in [-0.39, 0.29) is 11.7 Å². The van der Waals surface area contributed by atoms with Crippen LogP contribution in [-0.2, 0) is 10.5 Å². The van der Waals surface area contributed by atoms with Gasteiger partial charge in [0.1, 0.15) is 0 Å². The highest BCUT2D eigenvalue weighted by Crippen LogP contribution is 2.22. The maximum atomic E-state index is 12.0. The number of nitrogens with one attached hydrogen (secondary N) is 1. The lowest BCUT2D eigenvalue weighted by Crippen LogP contribution is -2.13. The third-order valence-electron chi connectivity index (χ3n) is 3.40. The van der Waals surface area contributed by atoms with Crippen molar-refractivity contribution in [3.05, 3.63) is 53.2 Å². The van der Waals surface area contributed by atoms with Gasteiger partial charge >= 0.3 is 0 Å². The highest BCUT2D eigenvalue weighted by molar-refractivity contribution is 7.99. The van der Waals surface area contributed by atoms with Crippen molar-refractivity contribution in [1.82, 2.24) is 20.2 Å². The molecule has 0 radical (unpaired) electrons. The molecule has 0 aliphatic carbocycles. The average molecular weight is 402 g/mol. The van der Waals surface area contributed by atoms with Crippen LogP contribution in [0.3, 0.4) is 0 Å². The zero-order valence-corrected chi connectivity index (χ0v) is 16.9. The van der Waals surface area contributed by atoms with E-state index in [0.717, 1.165) is 22.6 Å². The molecule has 0 aliphatic heterocycles. The van der Waals surface area contributed by atoms with Crippen LogP contribution in [-0.4, -0.2) is 31.8 Å². The Bertz CT molecular complexity index is 908. The van der Waals surface area contributed by atoms with E-state index in [1.54, 1.807) is 0 Å². The molecule has 3 rings (SSSR count). The lowest BCUT2D eigenvalue weighted by molar-refractivity contribution is -0.113. The molecule has 2 heterocycles. The number of carbonyl (C=O) groups is 1.